The molecule has 0 saturated carbocycles. The monoisotopic (exact) mass is 236 g/mol. The molecule has 0 amide bonds. The van der Waals surface area contributed by atoms with Gasteiger partial charge in [0.05, 0.1) is 0 Å². The number of nitrogens with two attached hydrogens (primary N) is 1. The quantitative estimate of drug-likeness (QED) is 0.790. The molecule has 3 N–H and O–H groups in total. The van der Waals surface area contributed by atoms with Crippen LogP contribution in [0.2, 0.25) is 0 Å². The Kier molecular flexibility index (Phi) is 3.47. The number of rotatable bonds is 2. The fraction of sp³-hybridized carbons (Fsp3) is 0.667. The van der Waals surface area contributed by atoms with E-state index in [0.717, 1.165) is 25.2 Å². The zero-order chi connectivity index (χ0) is 12.4. The van der Waals surface area contributed by atoms with Crippen LogP contribution < -0.4 is 16.2 Å². The van der Waals surface area contributed by atoms with E-state index in [-0.39, 0.29) is 5.56 Å². The van der Waals surface area contributed by atoms with Crippen molar-refractivity contribution in [2.45, 2.75) is 32.7 Å². The van der Waals surface area contributed by atoms with Crippen molar-refractivity contribution < 1.29 is 0 Å². The van der Waals surface area contributed by atoms with Gasteiger partial charge in [0, 0.05) is 25.2 Å². The SMILES string of the molecule is Cc1nc(N2CCC(C)CC2CN)cc(=O)[nH]1. The highest BCUT2D eigenvalue weighted by Gasteiger charge is 2.26. The molecule has 17 heavy (non-hydrogen) atoms. The number of hydrogen-bond acceptors (Lipinski definition) is 4. The molecule has 0 aliphatic carbocycles. The number of H-pyrrole nitrogens is 1. The van der Waals surface area contributed by atoms with E-state index in [9.17, 15) is 4.79 Å². The van der Waals surface area contributed by atoms with Crippen molar-refractivity contribution >= 4 is 5.82 Å². The number of aromatic nitrogens is 2. The van der Waals surface area contributed by atoms with Crippen molar-refractivity contribution in [2.75, 3.05) is 18.0 Å². The molecular weight excluding hydrogens is 216 g/mol. The highest BCUT2D eigenvalue weighted by Crippen LogP contribution is 2.25. The normalized spacial score (nSPS) is 25.0. The lowest BCUT2D eigenvalue weighted by Crippen LogP contribution is -2.47. The number of anilines is 1. The largest absolute Gasteiger partial charge is 0.352 e. The first kappa shape index (κ1) is 12.1. The number of nitrogens with zero attached hydrogens (tertiary/aromatic N) is 2. The predicted octanol–water partition coefficient (Wildman–Crippen LogP) is 0.642. The summed E-state index contributed by atoms with van der Waals surface area (Å²) in [5, 5.41) is 0. The van der Waals surface area contributed by atoms with Gasteiger partial charge in [0.1, 0.15) is 11.6 Å². The fourth-order valence-corrected chi connectivity index (χ4v) is 2.49. The van der Waals surface area contributed by atoms with Crippen molar-refractivity contribution in [1.29, 1.82) is 0 Å². The van der Waals surface area contributed by atoms with Crippen LogP contribution >= 0.6 is 0 Å². The van der Waals surface area contributed by atoms with Crippen LogP contribution in [0, 0.1) is 12.8 Å². The van der Waals surface area contributed by atoms with Gasteiger partial charge in [-0.05, 0) is 25.7 Å². The summed E-state index contributed by atoms with van der Waals surface area (Å²) in [6, 6.07) is 1.86. The van der Waals surface area contributed by atoms with Gasteiger partial charge in [-0.15, -0.1) is 0 Å². The first-order valence-corrected chi connectivity index (χ1v) is 6.15. The fourth-order valence-electron chi connectivity index (χ4n) is 2.49. The molecule has 1 aromatic rings. The summed E-state index contributed by atoms with van der Waals surface area (Å²) in [4.78, 5) is 20.7. The molecule has 1 aliphatic heterocycles. The van der Waals surface area contributed by atoms with Crippen LogP contribution in [0.15, 0.2) is 10.9 Å². The lowest BCUT2D eigenvalue weighted by molar-refractivity contribution is 0.364. The Hall–Kier alpha value is -1.36. The standard InChI is InChI=1S/C12H20N4O/c1-8-3-4-16(10(5-8)7-13)11-6-12(17)15-9(2)14-11/h6,8,10H,3-5,7,13H2,1-2H3,(H,14,15,17). The van der Waals surface area contributed by atoms with Gasteiger partial charge in [-0.1, -0.05) is 6.92 Å². The van der Waals surface area contributed by atoms with Crippen LogP contribution in [0.4, 0.5) is 5.82 Å². The maximum Gasteiger partial charge on any atom is 0.252 e. The molecular formula is C12H20N4O. The van der Waals surface area contributed by atoms with Crippen LogP contribution in [-0.4, -0.2) is 29.1 Å². The number of aromatic amines is 1. The van der Waals surface area contributed by atoms with E-state index in [0.29, 0.717) is 24.3 Å². The summed E-state index contributed by atoms with van der Waals surface area (Å²) in [7, 11) is 0. The molecule has 1 aromatic heterocycles. The minimum Gasteiger partial charge on any atom is -0.352 e. The predicted molar refractivity (Wildman–Crippen MR) is 68.2 cm³/mol. The zero-order valence-electron chi connectivity index (χ0n) is 10.4. The van der Waals surface area contributed by atoms with Gasteiger partial charge in [0.25, 0.3) is 5.56 Å². The van der Waals surface area contributed by atoms with Gasteiger partial charge < -0.3 is 15.6 Å². The average Bonchev–Trinajstić information content (AvgIpc) is 2.27. The van der Waals surface area contributed by atoms with E-state index >= 15 is 0 Å². The van der Waals surface area contributed by atoms with E-state index in [2.05, 4.69) is 21.8 Å². The summed E-state index contributed by atoms with van der Waals surface area (Å²) in [5.41, 5.74) is 5.72. The Morgan fingerprint density at radius 1 is 1.65 bits per heavy atom. The van der Waals surface area contributed by atoms with Crippen molar-refractivity contribution in [3.05, 3.63) is 22.2 Å². The maximum atomic E-state index is 11.5. The maximum absolute atomic E-state index is 11.5. The van der Waals surface area contributed by atoms with Gasteiger partial charge in [-0.25, -0.2) is 4.98 Å². The molecule has 1 aliphatic rings. The second-order valence-electron chi connectivity index (χ2n) is 4.90. The minimum absolute atomic E-state index is 0.0955. The van der Waals surface area contributed by atoms with Crippen molar-refractivity contribution in [3.8, 4) is 0 Å². The molecule has 5 heteroatoms. The summed E-state index contributed by atoms with van der Waals surface area (Å²) in [6.07, 6.45) is 2.20. The molecule has 2 rings (SSSR count). The Bertz CT molecular complexity index is 442. The van der Waals surface area contributed by atoms with E-state index < -0.39 is 0 Å². The summed E-state index contributed by atoms with van der Waals surface area (Å²) in [5.74, 6) is 2.11. The van der Waals surface area contributed by atoms with Gasteiger partial charge in [-0.2, -0.15) is 0 Å². The lowest BCUT2D eigenvalue weighted by atomic mass is 9.92. The molecule has 0 bridgehead atoms. The third-order valence-corrected chi connectivity index (χ3v) is 3.39. The minimum atomic E-state index is -0.0955. The van der Waals surface area contributed by atoms with Crippen molar-refractivity contribution in [1.82, 2.24) is 9.97 Å². The lowest BCUT2D eigenvalue weighted by Gasteiger charge is -2.38. The summed E-state index contributed by atoms with van der Waals surface area (Å²) >= 11 is 0. The second-order valence-corrected chi connectivity index (χ2v) is 4.90. The van der Waals surface area contributed by atoms with E-state index in [4.69, 9.17) is 5.73 Å². The van der Waals surface area contributed by atoms with Crippen LogP contribution in [0.25, 0.3) is 0 Å². The Morgan fingerprint density at radius 2 is 2.41 bits per heavy atom. The van der Waals surface area contributed by atoms with E-state index in [1.807, 2.05) is 0 Å². The Morgan fingerprint density at radius 3 is 3.06 bits per heavy atom. The van der Waals surface area contributed by atoms with Crippen LogP contribution in [0.1, 0.15) is 25.6 Å². The first-order chi connectivity index (χ1) is 8.10. The third-order valence-electron chi connectivity index (χ3n) is 3.39. The van der Waals surface area contributed by atoms with E-state index in [1.54, 1.807) is 13.0 Å². The summed E-state index contributed by atoms with van der Waals surface area (Å²) < 4.78 is 0. The first-order valence-electron chi connectivity index (χ1n) is 6.15. The van der Waals surface area contributed by atoms with Crippen LogP contribution in [-0.2, 0) is 0 Å². The van der Waals surface area contributed by atoms with Gasteiger partial charge in [0.2, 0.25) is 0 Å². The molecule has 1 saturated heterocycles. The molecule has 0 aromatic carbocycles. The summed E-state index contributed by atoms with van der Waals surface area (Å²) in [6.45, 7) is 5.59. The molecule has 0 spiro atoms. The van der Waals surface area contributed by atoms with E-state index in [1.165, 1.54) is 0 Å². The molecule has 0 radical (unpaired) electrons. The smallest absolute Gasteiger partial charge is 0.252 e. The molecule has 2 atom stereocenters. The van der Waals surface area contributed by atoms with Gasteiger partial charge >= 0.3 is 0 Å². The van der Waals surface area contributed by atoms with Crippen molar-refractivity contribution in [3.63, 3.8) is 0 Å². The molecule has 5 nitrogen and oxygen atoms in total. The van der Waals surface area contributed by atoms with Crippen LogP contribution in [0.5, 0.6) is 0 Å². The molecule has 94 valence electrons. The average molecular weight is 236 g/mol. The van der Waals surface area contributed by atoms with Crippen LogP contribution in [0.3, 0.4) is 0 Å². The van der Waals surface area contributed by atoms with Gasteiger partial charge in [0.15, 0.2) is 0 Å². The highest BCUT2D eigenvalue weighted by molar-refractivity contribution is 5.39. The molecule has 1 fully saturated rings. The van der Waals surface area contributed by atoms with Gasteiger partial charge in [-0.3, -0.25) is 4.79 Å². The molecule has 2 heterocycles. The number of nitrogens with one attached hydrogen (secondary N) is 1. The Balaban J connectivity index is 2.28. The second kappa shape index (κ2) is 4.87. The number of aryl methyl sites for hydroxylation is 1. The van der Waals surface area contributed by atoms with Crippen molar-refractivity contribution in [2.24, 2.45) is 11.7 Å². The Labute approximate surface area is 101 Å². The topological polar surface area (TPSA) is 75.0 Å². The highest BCUT2D eigenvalue weighted by atomic mass is 16.1. The zero-order valence-corrected chi connectivity index (χ0v) is 10.4. The molecule has 2 unspecified atom stereocenters. The third kappa shape index (κ3) is 2.66. The number of hydrogen-bond donors (Lipinski definition) is 2. The number of piperidine rings is 1.